The van der Waals surface area contributed by atoms with Gasteiger partial charge in [0.05, 0.1) is 5.92 Å². The zero-order valence-electron chi connectivity index (χ0n) is 11.2. The Labute approximate surface area is 105 Å². The topological polar surface area (TPSA) is 32.3 Å². The number of amides is 1. The Morgan fingerprint density at radius 3 is 2.88 bits per heavy atom. The Morgan fingerprint density at radius 1 is 1.35 bits per heavy atom. The summed E-state index contributed by atoms with van der Waals surface area (Å²) in [6, 6.07) is 0.359. The van der Waals surface area contributed by atoms with E-state index in [0.29, 0.717) is 11.9 Å². The van der Waals surface area contributed by atoms with Crippen LogP contribution in [-0.2, 0) is 4.79 Å². The normalized spacial score (nSPS) is 34.7. The minimum atomic E-state index is 0.222. The third-order valence-electron chi connectivity index (χ3n) is 4.49. The Hall–Kier alpha value is -0.570. The second-order valence-corrected chi connectivity index (χ2v) is 5.69. The molecule has 2 heterocycles. The van der Waals surface area contributed by atoms with Crippen LogP contribution in [0.15, 0.2) is 0 Å². The maximum absolute atomic E-state index is 12.5. The van der Waals surface area contributed by atoms with E-state index in [9.17, 15) is 4.79 Å². The van der Waals surface area contributed by atoms with Crippen molar-refractivity contribution in [3.8, 4) is 0 Å². The number of nitrogens with zero attached hydrogens (tertiary/aromatic N) is 1. The fraction of sp³-hybridized carbons (Fsp3) is 0.929. The van der Waals surface area contributed by atoms with Gasteiger partial charge < -0.3 is 10.2 Å². The van der Waals surface area contributed by atoms with Crippen LogP contribution in [0.3, 0.4) is 0 Å². The van der Waals surface area contributed by atoms with Gasteiger partial charge in [-0.1, -0.05) is 13.3 Å². The van der Waals surface area contributed by atoms with Crippen LogP contribution in [0.5, 0.6) is 0 Å². The van der Waals surface area contributed by atoms with Crippen molar-refractivity contribution in [2.75, 3.05) is 19.6 Å². The average molecular weight is 238 g/mol. The van der Waals surface area contributed by atoms with Gasteiger partial charge in [0, 0.05) is 19.1 Å². The van der Waals surface area contributed by atoms with Crippen LogP contribution >= 0.6 is 0 Å². The second-order valence-electron chi connectivity index (χ2n) is 5.69. The summed E-state index contributed by atoms with van der Waals surface area (Å²) in [5, 5.41) is 3.43. The molecule has 1 amide bonds. The van der Waals surface area contributed by atoms with E-state index >= 15 is 0 Å². The average Bonchev–Trinajstić information content (AvgIpc) is 2.38. The summed E-state index contributed by atoms with van der Waals surface area (Å²) in [4.78, 5) is 14.6. The molecule has 0 aromatic carbocycles. The molecule has 2 aliphatic rings. The molecule has 3 heteroatoms. The summed E-state index contributed by atoms with van der Waals surface area (Å²) in [5.74, 6) is 1.36. The molecule has 3 nitrogen and oxygen atoms in total. The smallest absolute Gasteiger partial charge is 0.227 e. The molecular weight excluding hydrogens is 212 g/mol. The number of likely N-dealkylation sites (tertiary alicyclic amines) is 1. The van der Waals surface area contributed by atoms with Gasteiger partial charge in [0.25, 0.3) is 0 Å². The van der Waals surface area contributed by atoms with Crippen molar-refractivity contribution in [2.24, 2.45) is 11.8 Å². The zero-order valence-corrected chi connectivity index (χ0v) is 11.2. The lowest BCUT2D eigenvalue weighted by Crippen LogP contribution is -2.50. The molecule has 98 valence electrons. The van der Waals surface area contributed by atoms with Crippen LogP contribution in [-0.4, -0.2) is 36.5 Å². The van der Waals surface area contributed by atoms with E-state index in [2.05, 4.69) is 24.1 Å². The molecule has 0 aromatic rings. The first kappa shape index (κ1) is 12.9. The van der Waals surface area contributed by atoms with Gasteiger partial charge in [0.1, 0.15) is 0 Å². The lowest BCUT2D eigenvalue weighted by molar-refractivity contribution is -0.139. The highest BCUT2D eigenvalue weighted by atomic mass is 16.2. The molecule has 0 bridgehead atoms. The monoisotopic (exact) mass is 238 g/mol. The largest absolute Gasteiger partial charge is 0.342 e. The van der Waals surface area contributed by atoms with Gasteiger partial charge in [-0.3, -0.25) is 4.79 Å². The van der Waals surface area contributed by atoms with E-state index in [4.69, 9.17) is 0 Å². The van der Waals surface area contributed by atoms with Crippen molar-refractivity contribution in [3.63, 3.8) is 0 Å². The molecule has 3 atom stereocenters. The minimum absolute atomic E-state index is 0.222. The summed E-state index contributed by atoms with van der Waals surface area (Å²) < 4.78 is 0. The van der Waals surface area contributed by atoms with Gasteiger partial charge in [0.15, 0.2) is 0 Å². The van der Waals surface area contributed by atoms with Crippen LogP contribution < -0.4 is 5.32 Å². The molecule has 1 N–H and O–H groups in total. The molecule has 0 spiro atoms. The third kappa shape index (κ3) is 3.01. The molecule has 0 aromatic heterocycles. The van der Waals surface area contributed by atoms with Gasteiger partial charge in [-0.2, -0.15) is 0 Å². The molecule has 17 heavy (non-hydrogen) atoms. The lowest BCUT2D eigenvalue weighted by atomic mass is 9.88. The van der Waals surface area contributed by atoms with Crippen LogP contribution in [0.25, 0.3) is 0 Å². The van der Waals surface area contributed by atoms with Crippen molar-refractivity contribution in [1.82, 2.24) is 10.2 Å². The van der Waals surface area contributed by atoms with Crippen LogP contribution in [0.1, 0.15) is 46.0 Å². The summed E-state index contributed by atoms with van der Waals surface area (Å²) in [6.45, 7) is 7.45. The second kappa shape index (κ2) is 5.85. The quantitative estimate of drug-likeness (QED) is 0.798. The third-order valence-corrected chi connectivity index (χ3v) is 4.49. The lowest BCUT2D eigenvalue weighted by Gasteiger charge is -2.37. The first-order valence-electron chi connectivity index (χ1n) is 7.24. The van der Waals surface area contributed by atoms with E-state index in [1.807, 2.05) is 0 Å². The Bertz CT molecular complexity index is 267. The van der Waals surface area contributed by atoms with Crippen LogP contribution in [0.4, 0.5) is 0 Å². The van der Waals surface area contributed by atoms with Gasteiger partial charge in [-0.25, -0.2) is 0 Å². The maximum Gasteiger partial charge on any atom is 0.227 e. The van der Waals surface area contributed by atoms with Crippen molar-refractivity contribution >= 4 is 5.91 Å². The van der Waals surface area contributed by atoms with E-state index in [1.165, 1.54) is 19.3 Å². The molecule has 0 saturated carbocycles. The molecule has 0 radical (unpaired) electrons. The van der Waals surface area contributed by atoms with E-state index < -0.39 is 0 Å². The molecule has 2 fully saturated rings. The summed E-state index contributed by atoms with van der Waals surface area (Å²) in [6.07, 6.45) is 5.92. The SMILES string of the molecule is CCC1CCCN(C(=O)C2CCCNC2C)C1. The van der Waals surface area contributed by atoms with Crippen molar-refractivity contribution < 1.29 is 4.79 Å². The summed E-state index contributed by atoms with van der Waals surface area (Å²) >= 11 is 0. The van der Waals surface area contributed by atoms with Gasteiger partial charge in [-0.05, 0) is 45.1 Å². The van der Waals surface area contributed by atoms with Crippen molar-refractivity contribution in [2.45, 2.75) is 52.0 Å². The van der Waals surface area contributed by atoms with E-state index in [-0.39, 0.29) is 5.92 Å². The molecule has 0 aliphatic carbocycles. The zero-order chi connectivity index (χ0) is 12.3. The molecular formula is C14H26N2O. The van der Waals surface area contributed by atoms with Crippen LogP contribution in [0.2, 0.25) is 0 Å². The number of hydrogen-bond acceptors (Lipinski definition) is 2. The summed E-state index contributed by atoms with van der Waals surface area (Å²) in [7, 11) is 0. The predicted molar refractivity (Wildman–Crippen MR) is 69.8 cm³/mol. The standard InChI is InChI=1S/C14H26N2O/c1-3-12-6-5-9-16(10-12)14(17)13-7-4-8-15-11(13)2/h11-13,15H,3-10H2,1-2H3. The number of carbonyl (C=O) groups is 1. The first-order chi connectivity index (χ1) is 8.22. The van der Waals surface area contributed by atoms with E-state index in [1.54, 1.807) is 0 Å². The van der Waals surface area contributed by atoms with Gasteiger partial charge in [0.2, 0.25) is 5.91 Å². The maximum atomic E-state index is 12.5. The highest BCUT2D eigenvalue weighted by Gasteiger charge is 2.32. The molecule has 2 rings (SSSR count). The molecule has 3 unspecified atom stereocenters. The number of rotatable bonds is 2. The van der Waals surface area contributed by atoms with Gasteiger partial charge in [-0.15, -0.1) is 0 Å². The predicted octanol–water partition coefficient (Wildman–Crippen LogP) is 2.02. The molecule has 2 aliphatic heterocycles. The van der Waals surface area contributed by atoms with E-state index in [0.717, 1.165) is 38.4 Å². The fourth-order valence-corrected chi connectivity index (χ4v) is 3.21. The summed E-state index contributed by atoms with van der Waals surface area (Å²) in [5.41, 5.74) is 0. The van der Waals surface area contributed by atoms with Crippen molar-refractivity contribution in [3.05, 3.63) is 0 Å². The van der Waals surface area contributed by atoms with Crippen molar-refractivity contribution in [1.29, 1.82) is 0 Å². The Morgan fingerprint density at radius 2 is 2.18 bits per heavy atom. The highest BCUT2D eigenvalue weighted by molar-refractivity contribution is 5.79. The Balaban J connectivity index is 1.93. The number of hydrogen-bond donors (Lipinski definition) is 1. The number of nitrogens with one attached hydrogen (secondary N) is 1. The first-order valence-corrected chi connectivity index (χ1v) is 7.24. The minimum Gasteiger partial charge on any atom is -0.342 e. The number of carbonyl (C=O) groups excluding carboxylic acids is 1. The highest BCUT2D eigenvalue weighted by Crippen LogP contribution is 2.24. The fourth-order valence-electron chi connectivity index (χ4n) is 3.21. The number of piperidine rings is 2. The van der Waals surface area contributed by atoms with Crippen LogP contribution in [0, 0.1) is 11.8 Å². The Kier molecular flexibility index (Phi) is 4.43. The molecule has 2 saturated heterocycles. The van der Waals surface area contributed by atoms with Gasteiger partial charge >= 0.3 is 0 Å².